The van der Waals surface area contributed by atoms with Gasteiger partial charge in [0, 0.05) is 30.6 Å². The topological polar surface area (TPSA) is 79.3 Å². The smallest absolute Gasteiger partial charge is 0.371 e. The Hall–Kier alpha value is -4.67. The zero-order valence-corrected chi connectivity index (χ0v) is 21.5. The van der Waals surface area contributed by atoms with Gasteiger partial charge >= 0.3 is 6.18 Å². The molecule has 0 spiro atoms. The second-order valence-electron chi connectivity index (χ2n) is 9.22. The number of para-hydroxylation sites is 1. The van der Waals surface area contributed by atoms with Crippen LogP contribution in [-0.2, 0) is 11.0 Å². The van der Waals surface area contributed by atoms with Crippen LogP contribution in [0.25, 0.3) is 5.69 Å². The van der Waals surface area contributed by atoms with Crippen LogP contribution in [0.5, 0.6) is 0 Å². The molecular formula is C29H25F4N5O2. The highest BCUT2D eigenvalue weighted by Gasteiger charge is 2.46. The average Bonchev–Trinajstić information content (AvgIpc) is 3.33. The molecule has 1 aromatic heterocycles. The number of hydrogen-bond acceptors (Lipinski definition) is 4. The van der Waals surface area contributed by atoms with Crippen molar-refractivity contribution in [1.29, 1.82) is 0 Å². The van der Waals surface area contributed by atoms with Crippen LogP contribution in [0.2, 0.25) is 0 Å². The van der Waals surface area contributed by atoms with Crippen molar-refractivity contribution < 1.29 is 27.2 Å². The minimum Gasteiger partial charge on any atom is -0.371 e. The zero-order valence-electron chi connectivity index (χ0n) is 21.5. The van der Waals surface area contributed by atoms with Crippen LogP contribution in [0.1, 0.15) is 39.9 Å². The highest BCUT2D eigenvalue weighted by molar-refractivity contribution is 6.06. The molecule has 2 amide bonds. The standard InChI is InChI=1S/C29H25F4N5O2/c1-3-37-27-23(25(34-2)36-38(27)21-10-5-4-6-11-21)22(17-12-14-20(30)15-13-17)24(28(37)40)35-26(39)18-8-7-9-19(16-18)29(31,32)33/h4-16,22,24H,3H2,1-2H3,(H,34,36)(H,35,39)/t22-,24-/m1/s1. The fourth-order valence-corrected chi connectivity index (χ4v) is 5.02. The van der Waals surface area contributed by atoms with E-state index in [4.69, 9.17) is 5.10 Å². The lowest BCUT2D eigenvalue weighted by Gasteiger charge is -2.38. The van der Waals surface area contributed by atoms with Crippen molar-refractivity contribution in [2.45, 2.75) is 25.1 Å². The Morgan fingerprint density at radius 2 is 1.70 bits per heavy atom. The number of nitrogens with zero attached hydrogens (tertiary/aromatic N) is 3. The first-order valence-corrected chi connectivity index (χ1v) is 12.5. The van der Waals surface area contributed by atoms with Crippen LogP contribution in [0.15, 0.2) is 78.9 Å². The molecule has 5 rings (SSSR count). The number of rotatable bonds is 6. The summed E-state index contributed by atoms with van der Waals surface area (Å²) in [5.74, 6) is -1.75. The van der Waals surface area contributed by atoms with Crippen LogP contribution < -0.4 is 15.5 Å². The Kier molecular flexibility index (Phi) is 7.05. The SMILES string of the molecule is CCN1C(=O)[C@H](NC(=O)c2cccc(C(F)(F)F)c2)[C@H](c2ccc(F)cc2)c2c(NC)nn(-c3ccccc3)c21. The number of anilines is 2. The molecule has 3 aromatic carbocycles. The third kappa shape index (κ3) is 4.78. The number of carbonyl (C=O) groups excluding carboxylic acids is 2. The summed E-state index contributed by atoms with van der Waals surface area (Å²) in [4.78, 5) is 28.8. The van der Waals surface area contributed by atoms with E-state index in [9.17, 15) is 27.2 Å². The van der Waals surface area contributed by atoms with E-state index in [1.54, 1.807) is 18.7 Å². The minimum atomic E-state index is -4.64. The molecule has 2 atom stereocenters. The fourth-order valence-electron chi connectivity index (χ4n) is 5.02. The molecule has 0 radical (unpaired) electrons. The van der Waals surface area contributed by atoms with Crippen molar-refractivity contribution in [3.05, 3.63) is 107 Å². The van der Waals surface area contributed by atoms with Gasteiger partial charge in [-0.3, -0.25) is 14.5 Å². The Balaban J connectivity index is 1.67. The van der Waals surface area contributed by atoms with E-state index in [0.29, 0.717) is 28.5 Å². The summed E-state index contributed by atoms with van der Waals surface area (Å²) < 4.78 is 55.5. The molecule has 1 aliphatic rings. The predicted octanol–water partition coefficient (Wildman–Crippen LogP) is 5.37. The summed E-state index contributed by atoms with van der Waals surface area (Å²) in [5.41, 5.74) is 0.558. The van der Waals surface area contributed by atoms with E-state index in [-0.39, 0.29) is 12.1 Å². The number of amides is 2. The quantitative estimate of drug-likeness (QED) is 0.316. The Morgan fingerprint density at radius 1 is 1.00 bits per heavy atom. The van der Waals surface area contributed by atoms with Crippen LogP contribution in [-0.4, -0.2) is 41.2 Å². The van der Waals surface area contributed by atoms with Crippen LogP contribution in [0.3, 0.4) is 0 Å². The number of aromatic nitrogens is 2. The highest BCUT2D eigenvalue weighted by atomic mass is 19.4. The lowest BCUT2D eigenvalue weighted by Crippen LogP contribution is -2.55. The van der Waals surface area contributed by atoms with Crippen molar-refractivity contribution >= 4 is 23.5 Å². The first kappa shape index (κ1) is 26.9. The molecular weight excluding hydrogens is 526 g/mol. The summed E-state index contributed by atoms with van der Waals surface area (Å²) in [5, 5.41) is 10.5. The van der Waals surface area contributed by atoms with Gasteiger partial charge in [0.25, 0.3) is 11.8 Å². The van der Waals surface area contributed by atoms with Gasteiger partial charge < -0.3 is 10.6 Å². The van der Waals surface area contributed by atoms with Crippen LogP contribution in [0, 0.1) is 5.82 Å². The van der Waals surface area contributed by atoms with Gasteiger partial charge in [-0.2, -0.15) is 13.2 Å². The van der Waals surface area contributed by atoms with E-state index in [1.165, 1.54) is 35.2 Å². The normalized spacial score (nSPS) is 16.9. The van der Waals surface area contributed by atoms with E-state index in [0.717, 1.165) is 18.2 Å². The number of alkyl halides is 3. The molecule has 0 bridgehead atoms. The highest BCUT2D eigenvalue weighted by Crippen LogP contribution is 2.45. The molecule has 0 saturated heterocycles. The maximum absolute atomic E-state index is 14.0. The number of halogens is 4. The van der Waals surface area contributed by atoms with Crippen molar-refractivity contribution in [3.8, 4) is 5.69 Å². The number of likely N-dealkylation sites (N-methyl/N-ethyl adjacent to an activating group) is 1. The first-order valence-electron chi connectivity index (χ1n) is 12.5. The van der Waals surface area contributed by atoms with Gasteiger partial charge in [0.2, 0.25) is 0 Å². The second kappa shape index (κ2) is 10.5. The number of carbonyl (C=O) groups is 2. The van der Waals surface area contributed by atoms with Crippen molar-refractivity contribution in [3.63, 3.8) is 0 Å². The van der Waals surface area contributed by atoms with Gasteiger partial charge in [0.15, 0.2) is 5.82 Å². The van der Waals surface area contributed by atoms with Crippen LogP contribution in [0.4, 0.5) is 29.2 Å². The van der Waals surface area contributed by atoms with Gasteiger partial charge in [0.1, 0.15) is 17.7 Å². The van der Waals surface area contributed by atoms with Crippen molar-refractivity contribution in [2.24, 2.45) is 0 Å². The van der Waals surface area contributed by atoms with E-state index in [2.05, 4.69) is 10.6 Å². The molecule has 11 heteroatoms. The summed E-state index contributed by atoms with van der Waals surface area (Å²) in [6, 6.07) is 17.5. The Morgan fingerprint density at radius 3 is 2.33 bits per heavy atom. The lowest BCUT2D eigenvalue weighted by molar-refractivity contribution is -0.137. The average molecular weight is 552 g/mol. The monoisotopic (exact) mass is 551 g/mol. The second-order valence-corrected chi connectivity index (χ2v) is 9.22. The number of nitrogens with one attached hydrogen (secondary N) is 2. The largest absolute Gasteiger partial charge is 0.416 e. The summed E-state index contributed by atoms with van der Waals surface area (Å²) in [7, 11) is 1.67. The third-order valence-electron chi connectivity index (χ3n) is 6.85. The van der Waals surface area contributed by atoms with Gasteiger partial charge in [-0.1, -0.05) is 36.4 Å². The molecule has 0 saturated carbocycles. The molecule has 0 unspecified atom stereocenters. The molecule has 1 aliphatic heterocycles. The number of fused-ring (bicyclic) bond motifs is 1. The van der Waals surface area contributed by atoms with Gasteiger partial charge in [0.05, 0.1) is 11.3 Å². The molecule has 7 nitrogen and oxygen atoms in total. The van der Waals surface area contributed by atoms with Crippen molar-refractivity contribution in [1.82, 2.24) is 15.1 Å². The zero-order chi connectivity index (χ0) is 28.6. The molecule has 2 N–H and O–H groups in total. The maximum Gasteiger partial charge on any atom is 0.416 e. The van der Waals surface area contributed by atoms with E-state index >= 15 is 0 Å². The first-order chi connectivity index (χ1) is 19.1. The predicted molar refractivity (Wildman–Crippen MR) is 142 cm³/mol. The van der Waals surface area contributed by atoms with Gasteiger partial charge in [-0.15, -0.1) is 5.10 Å². The Labute approximate surface area is 227 Å². The fraction of sp³-hybridized carbons (Fsp3) is 0.207. The maximum atomic E-state index is 14.0. The molecule has 0 aliphatic carbocycles. The summed E-state index contributed by atoms with van der Waals surface area (Å²) in [6.07, 6.45) is -4.64. The van der Waals surface area contributed by atoms with Crippen LogP contribution >= 0.6 is 0 Å². The Bertz CT molecular complexity index is 1550. The van der Waals surface area contributed by atoms with Crippen molar-refractivity contribution in [2.75, 3.05) is 23.8 Å². The minimum absolute atomic E-state index is 0.222. The molecule has 0 fully saturated rings. The van der Waals surface area contributed by atoms with E-state index < -0.39 is 41.3 Å². The summed E-state index contributed by atoms with van der Waals surface area (Å²) in [6.45, 7) is 1.99. The van der Waals surface area contributed by atoms with E-state index in [1.807, 2.05) is 30.3 Å². The lowest BCUT2D eigenvalue weighted by atomic mass is 9.81. The molecule has 4 aromatic rings. The molecule has 206 valence electrons. The van der Waals surface area contributed by atoms with Gasteiger partial charge in [-0.25, -0.2) is 9.07 Å². The molecule has 40 heavy (non-hydrogen) atoms. The van der Waals surface area contributed by atoms with Gasteiger partial charge in [-0.05, 0) is 55.0 Å². The molecule has 2 heterocycles. The summed E-state index contributed by atoms with van der Waals surface area (Å²) >= 11 is 0. The third-order valence-corrected chi connectivity index (χ3v) is 6.85. The number of hydrogen-bond donors (Lipinski definition) is 2. The number of benzene rings is 3.